The molecule has 1 heterocycles. The monoisotopic (exact) mass is 405 g/mol. The Bertz CT molecular complexity index is 564. The first-order chi connectivity index (χ1) is 9.83. The highest BCUT2D eigenvalue weighted by Crippen LogP contribution is 2.31. The van der Waals surface area contributed by atoms with Crippen LogP contribution in [0.2, 0.25) is 0 Å². The van der Waals surface area contributed by atoms with Crippen molar-refractivity contribution in [2.24, 2.45) is 0 Å². The molecule has 1 saturated heterocycles. The van der Waals surface area contributed by atoms with Gasteiger partial charge >= 0.3 is 12.1 Å². The van der Waals surface area contributed by atoms with Crippen molar-refractivity contribution >= 4 is 34.7 Å². The van der Waals surface area contributed by atoms with E-state index in [0.717, 1.165) is 14.0 Å². The fraction of sp³-hybridized carbons (Fsp3) is 0.429. The van der Waals surface area contributed by atoms with Crippen molar-refractivity contribution < 1.29 is 24.5 Å². The van der Waals surface area contributed by atoms with Crippen LogP contribution >= 0.6 is 22.6 Å². The van der Waals surface area contributed by atoms with Crippen molar-refractivity contribution in [1.82, 2.24) is 4.90 Å². The highest BCUT2D eigenvalue weighted by molar-refractivity contribution is 14.1. The maximum atomic E-state index is 11.3. The first-order valence-corrected chi connectivity index (χ1v) is 7.51. The van der Waals surface area contributed by atoms with Crippen molar-refractivity contribution in [2.45, 2.75) is 31.6 Å². The summed E-state index contributed by atoms with van der Waals surface area (Å²) in [4.78, 5) is 23.5. The second kappa shape index (κ2) is 6.18. The summed E-state index contributed by atoms with van der Waals surface area (Å²) in [7, 11) is 0. The lowest BCUT2D eigenvalue weighted by molar-refractivity contribution is -0.147. The topological polar surface area (TPSA) is 87.1 Å². The number of ether oxygens (including phenoxy) is 1. The van der Waals surface area contributed by atoms with Gasteiger partial charge in [0.25, 0.3) is 0 Å². The van der Waals surface area contributed by atoms with E-state index in [4.69, 9.17) is 9.84 Å². The number of rotatable bonds is 4. The zero-order chi connectivity index (χ0) is 15.6. The van der Waals surface area contributed by atoms with E-state index >= 15 is 0 Å². The van der Waals surface area contributed by atoms with Gasteiger partial charge in [-0.2, -0.15) is 0 Å². The van der Waals surface area contributed by atoms with E-state index in [-0.39, 0.29) is 13.0 Å². The van der Waals surface area contributed by atoms with Crippen LogP contribution in [0.3, 0.4) is 0 Å². The van der Waals surface area contributed by atoms with Gasteiger partial charge in [-0.1, -0.05) is 12.1 Å². The Morgan fingerprint density at radius 2 is 2.19 bits per heavy atom. The molecule has 2 atom stereocenters. The smallest absolute Gasteiger partial charge is 0.408 e. The van der Waals surface area contributed by atoms with Gasteiger partial charge in [0, 0.05) is 9.99 Å². The molecular weight excluding hydrogens is 389 g/mol. The van der Waals surface area contributed by atoms with Crippen molar-refractivity contribution in [2.75, 3.05) is 6.54 Å². The number of aliphatic carboxylic acids is 1. The lowest BCUT2D eigenvalue weighted by Gasteiger charge is -2.27. The van der Waals surface area contributed by atoms with Crippen LogP contribution in [0, 0.1) is 3.57 Å². The minimum absolute atomic E-state index is 0.0715. The number of likely N-dealkylation sites (tertiary alicyclic amines) is 1. The molecule has 1 amide bonds. The SMILES string of the molecule is C[C@@]1(C(=O)O)C[C@@H](OCc2cccc(I)c2)CN1C(=O)O. The minimum atomic E-state index is -1.43. The third kappa shape index (κ3) is 3.46. The van der Waals surface area contributed by atoms with Gasteiger partial charge in [-0.25, -0.2) is 9.59 Å². The Labute approximate surface area is 135 Å². The molecular formula is C14H16INO5. The van der Waals surface area contributed by atoms with Crippen LogP contribution in [0.25, 0.3) is 0 Å². The molecule has 1 aromatic carbocycles. The van der Waals surface area contributed by atoms with Gasteiger partial charge in [-0.15, -0.1) is 0 Å². The number of amides is 1. The summed E-state index contributed by atoms with van der Waals surface area (Å²) in [5.74, 6) is -1.15. The molecule has 1 aliphatic heterocycles. The van der Waals surface area contributed by atoms with E-state index in [1.807, 2.05) is 24.3 Å². The average molecular weight is 405 g/mol. The van der Waals surface area contributed by atoms with Gasteiger partial charge in [0.1, 0.15) is 5.54 Å². The summed E-state index contributed by atoms with van der Waals surface area (Å²) in [6.07, 6.45) is -1.50. The Hall–Kier alpha value is -1.35. The van der Waals surface area contributed by atoms with E-state index in [2.05, 4.69) is 22.6 Å². The molecule has 1 fully saturated rings. The Morgan fingerprint density at radius 3 is 2.71 bits per heavy atom. The Morgan fingerprint density at radius 1 is 1.48 bits per heavy atom. The number of halogens is 1. The second-order valence-electron chi connectivity index (χ2n) is 5.24. The quantitative estimate of drug-likeness (QED) is 0.752. The number of carboxylic acids is 1. The zero-order valence-electron chi connectivity index (χ0n) is 11.5. The second-order valence-corrected chi connectivity index (χ2v) is 6.48. The maximum absolute atomic E-state index is 11.3. The summed E-state index contributed by atoms with van der Waals surface area (Å²) in [6.45, 7) is 1.82. The Kier molecular flexibility index (Phi) is 4.72. The zero-order valence-corrected chi connectivity index (χ0v) is 13.6. The standard InChI is InChI=1S/C14H16INO5/c1-14(12(17)18)6-11(7-16(14)13(19)20)21-8-9-3-2-4-10(15)5-9/h2-5,11H,6-8H2,1H3,(H,17,18)(H,19,20)/t11-,14+/m1/s1. The van der Waals surface area contributed by atoms with Crippen LogP contribution in [0.1, 0.15) is 18.9 Å². The van der Waals surface area contributed by atoms with Crippen LogP contribution in [0.4, 0.5) is 4.79 Å². The van der Waals surface area contributed by atoms with Gasteiger partial charge < -0.3 is 14.9 Å². The predicted molar refractivity (Wildman–Crippen MR) is 83.1 cm³/mol. The maximum Gasteiger partial charge on any atom is 0.408 e. The average Bonchev–Trinajstić information content (AvgIpc) is 2.75. The van der Waals surface area contributed by atoms with Crippen LogP contribution < -0.4 is 0 Å². The molecule has 0 saturated carbocycles. The molecule has 2 N–H and O–H groups in total. The molecule has 2 rings (SSSR count). The molecule has 0 radical (unpaired) electrons. The summed E-state index contributed by atoms with van der Waals surface area (Å²) in [6, 6.07) is 7.77. The molecule has 1 aromatic rings. The first kappa shape index (κ1) is 16.0. The molecule has 21 heavy (non-hydrogen) atoms. The third-order valence-electron chi connectivity index (χ3n) is 3.67. The minimum Gasteiger partial charge on any atom is -0.480 e. The molecule has 0 bridgehead atoms. The molecule has 0 aliphatic carbocycles. The number of carboxylic acid groups (broad SMARTS) is 2. The molecule has 7 heteroatoms. The summed E-state index contributed by atoms with van der Waals surface area (Å²) in [5.41, 5.74) is -0.450. The molecule has 1 aliphatic rings. The summed E-state index contributed by atoms with van der Waals surface area (Å²) in [5, 5.41) is 18.4. The normalized spacial score (nSPS) is 25.0. The predicted octanol–water partition coefficient (Wildman–Crippen LogP) is 2.40. The van der Waals surface area contributed by atoms with E-state index in [0.29, 0.717) is 6.61 Å². The van der Waals surface area contributed by atoms with Gasteiger partial charge in [-0.3, -0.25) is 4.90 Å². The van der Waals surface area contributed by atoms with Gasteiger partial charge in [0.15, 0.2) is 0 Å². The van der Waals surface area contributed by atoms with E-state index in [1.54, 1.807) is 0 Å². The number of benzene rings is 1. The molecule has 0 unspecified atom stereocenters. The Balaban J connectivity index is 2.03. The van der Waals surface area contributed by atoms with Crippen LogP contribution in [0.5, 0.6) is 0 Å². The summed E-state index contributed by atoms with van der Waals surface area (Å²) < 4.78 is 6.78. The first-order valence-electron chi connectivity index (χ1n) is 6.43. The number of nitrogens with zero attached hydrogens (tertiary/aromatic N) is 1. The lowest BCUT2D eigenvalue weighted by Crippen LogP contribution is -2.50. The molecule has 6 nitrogen and oxygen atoms in total. The largest absolute Gasteiger partial charge is 0.480 e. The highest BCUT2D eigenvalue weighted by Gasteiger charge is 2.50. The van der Waals surface area contributed by atoms with Crippen molar-refractivity contribution in [3.8, 4) is 0 Å². The molecule has 114 valence electrons. The van der Waals surface area contributed by atoms with Crippen molar-refractivity contribution in [3.05, 3.63) is 33.4 Å². The fourth-order valence-corrected chi connectivity index (χ4v) is 3.08. The van der Waals surface area contributed by atoms with Crippen molar-refractivity contribution in [1.29, 1.82) is 0 Å². The van der Waals surface area contributed by atoms with E-state index in [9.17, 15) is 14.7 Å². The lowest BCUT2D eigenvalue weighted by atomic mass is 9.99. The number of carbonyl (C=O) groups is 2. The van der Waals surface area contributed by atoms with Gasteiger partial charge in [0.05, 0.1) is 19.3 Å². The third-order valence-corrected chi connectivity index (χ3v) is 4.34. The van der Waals surface area contributed by atoms with E-state index < -0.39 is 23.7 Å². The van der Waals surface area contributed by atoms with Crippen LogP contribution in [-0.4, -0.2) is 45.4 Å². The number of hydrogen-bond donors (Lipinski definition) is 2. The van der Waals surface area contributed by atoms with Crippen molar-refractivity contribution in [3.63, 3.8) is 0 Å². The van der Waals surface area contributed by atoms with Gasteiger partial charge in [-0.05, 0) is 47.2 Å². The van der Waals surface area contributed by atoms with Crippen LogP contribution in [-0.2, 0) is 16.1 Å². The molecule has 0 spiro atoms. The van der Waals surface area contributed by atoms with E-state index in [1.165, 1.54) is 6.92 Å². The highest BCUT2D eigenvalue weighted by atomic mass is 127. The fourth-order valence-electron chi connectivity index (χ4n) is 2.47. The van der Waals surface area contributed by atoms with Crippen LogP contribution in [0.15, 0.2) is 24.3 Å². The molecule has 0 aromatic heterocycles. The summed E-state index contributed by atoms with van der Waals surface area (Å²) >= 11 is 2.20. The number of hydrogen-bond acceptors (Lipinski definition) is 3. The van der Waals surface area contributed by atoms with Gasteiger partial charge in [0.2, 0.25) is 0 Å².